The van der Waals surface area contributed by atoms with Crippen LogP contribution in [0.5, 0.6) is 0 Å². The van der Waals surface area contributed by atoms with Crippen molar-refractivity contribution in [1.29, 1.82) is 0 Å². The Labute approximate surface area is 90.4 Å². The molecule has 0 amide bonds. The highest BCUT2D eigenvalue weighted by Gasteiger charge is 1.95. The van der Waals surface area contributed by atoms with Gasteiger partial charge in [-0.3, -0.25) is 0 Å². The quantitative estimate of drug-likeness (QED) is 0.655. The second-order valence-corrected chi connectivity index (χ2v) is 3.76. The van der Waals surface area contributed by atoms with Crippen molar-refractivity contribution in [3.05, 3.63) is 42.2 Å². The first-order valence-electron chi connectivity index (χ1n) is 5.54. The standard InChI is InChI=1S/C14H16O/c1-2-3-4-5-6-12-7-8-14-13(11-12)9-10-15-14/h5-11H,2-4H2,1H3/b6-5+. The van der Waals surface area contributed by atoms with Crippen molar-refractivity contribution in [2.75, 3.05) is 0 Å². The fraction of sp³-hybridized carbons (Fsp3) is 0.286. The molecule has 0 N–H and O–H groups in total. The van der Waals surface area contributed by atoms with Gasteiger partial charge in [0.1, 0.15) is 5.58 Å². The van der Waals surface area contributed by atoms with Crippen LogP contribution in [-0.2, 0) is 0 Å². The van der Waals surface area contributed by atoms with Gasteiger partial charge in [-0.05, 0) is 30.2 Å². The van der Waals surface area contributed by atoms with Gasteiger partial charge in [0.25, 0.3) is 0 Å². The summed E-state index contributed by atoms with van der Waals surface area (Å²) >= 11 is 0. The molecule has 1 nitrogen and oxygen atoms in total. The van der Waals surface area contributed by atoms with Crippen molar-refractivity contribution in [3.8, 4) is 0 Å². The molecule has 0 bridgehead atoms. The van der Waals surface area contributed by atoms with Crippen LogP contribution in [0, 0.1) is 0 Å². The van der Waals surface area contributed by atoms with Crippen molar-refractivity contribution in [1.82, 2.24) is 0 Å². The topological polar surface area (TPSA) is 13.1 Å². The van der Waals surface area contributed by atoms with Crippen LogP contribution >= 0.6 is 0 Å². The lowest BCUT2D eigenvalue weighted by molar-refractivity contribution is 0.616. The third-order valence-electron chi connectivity index (χ3n) is 2.51. The first kappa shape index (κ1) is 10.0. The zero-order valence-electron chi connectivity index (χ0n) is 9.07. The maximum absolute atomic E-state index is 5.29. The normalized spacial score (nSPS) is 11.5. The van der Waals surface area contributed by atoms with Gasteiger partial charge >= 0.3 is 0 Å². The molecular weight excluding hydrogens is 184 g/mol. The Bertz CT molecular complexity index is 451. The third-order valence-corrected chi connectivity index (χ3v) is 2.51. The number of furan rings is 1. The van der Waals surface area contributed by atoms with Gasteiger partial charge in [0.05, 0.1) is 6.26 Å². The molecule has 1 aromatic heterocycles. The number of unbranched alkanes of at least 4 members (excludes halogenated alkanes) is 2. The second kappa shape index (κ2) is 4.83. The number of hydrogen-bond acceptors (Lipinski definition) is 1. The minimum atomic E-state index is 0.959. The Hall–Kier alpha value is -1.50. The Morgan fingerprint density at radius 1 is 1.27 bits per heavy atom. The van der Waals surface area contributed by atoms with Crippen LogP contribution in [0.2, 0.25) is 0 Å². The van der Waals surface area contributed by atoms with E-state index in [4.69, 9.17) is 4.42 Å². The Balaban J connectivity index is 2.10. The molecule has 0 unspecified atom stereocenters. The van der Waals surface area contributed by atoms with Crippen molar-refractivity contribution in [2.24, 2.45) is 0 Å². The average molecular weight is 200 g/mol. The summed E-state index contributed by atoms with van der Waals surface area (Å²) < 4.78 is 5.29. The number of benzene rings is 1. The molecule has 0 radical (unpaired) electrons. The fourth-order valence-corrected chi connectivity index (χ4v) is 1.63. The van der Waals surface area contributed by atoms with Gasteiger partial charge in [-0.1, -0.05) is 38.0 Å². The van der Waals surface area contributed by atoms with E-state index in [1.807, 2.05) is 12.1 Å². The largest absolute Gasteiger partial charge is 0.464 e. The molecule has 1 heteroatoms. The van der Waals surface area contributed by atoms with Gasteiger partial charge in [0, 0.05) is 5.39 Å². The van der Waals surface area contributed by atoms with Gasteiger partial charge in [-0.2, -0.15) is 0 Å². The van der Waals surface area contributed by atoms with E-state index in [9.17, 15) is 0 Å². The Kier molecular flexibility index (Phi) is 3.23. The van der Waals surface area contributed by atoms with E-state index < -0.39 is 0 Å². The van der Waals surface area contributed by atoms with E-state index in [2.05, 4.69) is 31.2 Å². The molecule has 0 atom stereocenters. The molecule has 0 saturated heterocycles. The highest BCUT2D eigenvalue weighted by atomic mass is 16.3. The van der Waals surface area contributed by atoms with Gasteiger partial charge in [0.15, 0.2) is 0 Å². The predicted molar refractivity (Wildman–Crippen MR) is 64.8 cm³/mol. The fourth-order valence-electron chi connectivity index (χ4n) is 1.63. The predicted octanol–water partition coefficient (Wildman–Crippen LogP) is 4.64. The lowest BCUT2D eigenvalue weighted by Crippen LogP contribution is -1.72. The summed E-state index contributed by atoms with van der Waals surface area (Å²) in [6.07, 6.45) is 9.84. The summed E-state index contributed by atoms with van der Waals surface area (Å²) in [4.78, 5) is 0. The number of rotatable bonds is 4. The summed E-state index contributed by atoms with van der Waals surface area (Å²) in [5.74, 6) is 0. The lowest BCUT2D eigenvalue weighted by Gasteiger charge is -1.93. The minimum absolute atomic E-state index is 0.959. The smallest absolute Gasteiger partial charge is 0.133 e. The summed E-state index contributed by atoms with van der Waals surface area (Å²) in [6, 6.07) is 8.27. The molecule has 0 fully saturated rings. The summed E-state index contributed by atoms with van der Waals surface area (Å²) in [7, 11) is 0. The molecule has 78 valence electrons. The molecule has 2 aromatic rings. The van der Waals surface area contributed by atoms with Gasteiger partial charge in [-0.15, -0.1) is 0 Å². The van der Waals surface area contributed by atoms with E-state index in [0.29, 0.717) is 0 Å². The van der Waals surface area contributed by atoms with Crippen LogP contribution in [-0.4, -0.2) is 0 Å². The maximum Gasteiger partial charge on any atom is 0.133 e. The van der Waals surface area contributed by atoms with Crippen molar-refractivity contribution < 1.29 is 4.42 Å². The van der Waals surface area contributed by atoms with E-state index in [0.717, 1.165) is 5.58 Å². The molecular formula is C14H16O. The van der Waals surface area contributed by atoms with Crippen LogP contribution in [0.4, 0.5) is 0 Å². The van der Waals surface area contributed by atoms with Crippen LogP contribution in [0.15, 0.2) is 41.0 Å². The SMILES string of the molecule is CCCC/C=C/c1ccc2occc2c1. The monoisotopic (exact) mass is 200 g/mol. The summed E-state index contributed by atoms with van der Waals surface area (Å²) in [5.41, 5.74) is 2.21. The maximum atomic E-state index is 5.29. The minimum Gasteiger partial charge on any atom is -0.464 e. The van der Waals surface area contributed by atoms with Gasteiger partial charge < -0.3 is 4.42 Å². The molecule has 1 heterocycles. The van der Waals surface area contributed by atoms with E-state index >= 15 is 0 Å². The van der Waals surface area contributed by atoms with E-state index in [1.165, 1.54) is 30.2 Å². The summed E-state index contributed by atoms with van der Waals surface area (Å²) in [5, 5.41) is 1.17. The number of hydrogen-bond donors (Lipinski definition) is 0. The Morgan fingerprint density at radius 2 is 2.20 bits per heavy atom. The van der Waals surface area contributed by atoms with E-state index in [-0.39, 0.29) is 0 Å². The third kappa shape index (κ3) is 2.50. The van der Waals surface area contributed by atoms with Crippen LogP contribution in [0.3, 0.4) is 0 Å². The molecule has 0 aliphatic carbocycles. The second-order valence-electron chi connectivity index (χ2n) is 3.76. The van der Waals surface area contributed by atoms with Crippen LogP contribution < -0.4 is 0 Å². The number of allylic oxidation sites excluding steroid dienone is 1. The number of fused-ring (bicyclic) bond motifs is 1. The van der Waals surface area contributed by atoms with Crippen LogP contribution in [0.1, 0.15) is 31.7 Å². The van der Waals surface area contributed by atoms with Crippen molar-refractivity contribution in [3.63, 3.8) is 0 Å². The lowest BCUT2D eigenvalue weighted by atomic mass is 10.1. The Morgan fingerprint density at radius 3 is 3.07 bits per heavy atom. The first-order chi connectivity index (χ1) is 7.40. The highest BCUT2D eigenvalue weighted by Crippen LogP contribution is 2.17. The van der Waals surface area contributed by atoms with Gasteiger partial charge in [-0.25, -0.2) is 0 Å². The molecule has 1 aromatic carbocycles. The molecule has 0 spiro atoms. The first-order valence-corrected chi connectivity index (χ1v) is 5.54. The molecule has 2 rings (SSSR count). The molecule has 0 saturated carbocycles. The highest BCUT2D eigenvalue weighted by molar-refractivity contribution is 5.79. The molecule has 0 aliphatic heterocycles. The van der Waals surface area contributed by atoms with Gasteiger partial charge in [0.2, 0.25) is 0 Å². The van der Waals surface area contributed by atoms with Crippen molar-refractivity contribution in [2.45, 2.75) is 26.2 Å². The average Bonchev–Trinajstić information content (AvgIpc) is 2.71. The zero-order valence-corrected chi connectivity index (χ0v) is 9.07. The zero-order chi connectivity index (χ0) is 10.5. The van der Waals surface area contributed by atoms with Crippen LogP contribution in [0.25, 0.3) is 17.0 Å². The molecule has 15 heavy (non-hydrogen) atoms. The van der Waals surface area contributed by atoms with Crippen molar-refractivity contribution >= 4 is 17.0 Å². The van der Waals surface area contributed by atoms with E-state index in [1.54, 1.807) is 6.26 Å². The summed E-state index contributed by atoms with van der Waals surface area (Å²) in [6.45, 7) is 2.21. The molecule has 0 aliphatic rings.